The van der Waals surface area contributed by atoms with E-state index < -0.39 is 0 Å². The molecule has 0 amide bonds. The van der Waals surface area contributed by atoms with E-state index in [-0.39, 0.29) is 5.82 Å². The largest absolute Gasteiger partial charge is 0.496 e. The number of nitrogens with one attached hydrogen (secondary N) is 2. The maximum atomic E-state index is 13.2. The first kappa shape index (κ1) is 20.7. The maximum absolute atomic E-state index is 13.2. The van der Waals surface area contributed by atoms with Crippen LogP contribution in [0.3, 0.4) is 0 Å². The summed E-state index contributed by atoms with van der Waals surface area (Å²) in [7, 11) is 1.66. The predicted molar refractivity (Wildman–Crippen MR) is 125 cm³/mol. The maximum Gasteiger partial charge on any atom is 0.187 e. The molecule has 0 spiro atoms. The zero-order valence-electron chi connectivity index (χ0n) is 18.0. The van der Waals surface area contributed by atoms with Crippen LogP contribution in [-0.4, -0.2) is 33.5 Å². The minimum atomic E-state index is -0.197. The zero-order valence-corrected chi connectivity index (χ0v) is 18.8. The van der Waals surface area contributed by atoms with Crippen LogP contribution in [0.5, 0.6) is 5.75 Å². The van der Waals surface area contributed by atoms with Gasteiger partial charge in [0.1, 0.15) is 17.4 Å². The van der Waals surface area contributed by atoms with Crippen molar-refractivity contribution in [2.24, 2.45) is 0 Å². The molecule has 5 rings (SSSR count). The van der Waals surface area contributed by atoms with Crippen LogP contribution < -0.4 is 10.1 Å². The molecule has 32 heavy (non-hydrogen) atoms. The Morgan fingerprint density at radius 1 is 1.22 bits per heavy atom. The van der Waals surface area contributed by atoms with Crippen LogP contribution in [-0.2, 0) is 19.5 Å². The number of H-pyrrole nitrogens is 1. The normalized spacial score (nSPS) is 13.7. The molecule has 2 aromatic heterocycles. The number of nitrogens with zero attached hydrogens (tertiary/aromatic N) is 3. The van der Waals surface area contributed by atoms with Crippen molar-refractivity contribution in [3.05, 3.63) is 76.3 Å². The van der Waals surface area contributed by atoms with Crippen LogP contribution in [0.25, 0.3) is 11.4 Å². The van der Waals surface area contributed by atoms with Crippen LogP contribution in [0.15, 0.2) is 48.7 Å². The summed E-state index contributed by atoms with van der Waals surface area (Å²) >= 11 is 1.68. The first-order valence-electron chi connectivity index (χ1n) is 10.5. The average molecular weight is 450 g/mol. The van der Waals surface area contributed by atoms with Gasteiger partial charge in [-0.1, -0.05) is 12.1 Å². The molecule has 4 aromatic rings. The van der Waals surface area contributed by atoms with Crippen molar-refractivity contribution in [3.8, 4) is 17.1 Å². The van der Waals surface area contributed by atoms with Gasteiger partial charge in [0.05, 0.1) is 18.4 Å². The van der Waals surface area contributed by atoms with Gasteiger partial charge in [-0.3, -0.25) is 4.90 Å². The number of halogens is 1. The molecule has 3 heterocycles. The third-order valence-electron chi connectivity index (χ3n) is 5.54. The van der Waals surface area contributed by atoms with E-state index in [2.05, 4.69) is 20.2 Å². The van der Waals surface area contributed by atoms with Gasteiger partial charge in [0.15, 0.2) is 5.13 Å². The molecule has 0 bridgehead atoms. The highest BCUT2D eigenvalue weighted by atomic mass is 32.1. The molecule has 2 N–H and O–H groups in total. The molecular formula is C24H24FN5OS. The Bertz CT molecular complexity index is 1230. The fourth-order valence-corrected chi connectivity index (χ4v) is 4.99. The second-order valence-corrected chi connectivity index (χ2v) is 9.01. The Labute approximate surface area is 190 Å². The van der Waals surface area contributed by atoms with Gasteiger partial charge >= 0.3 is 0 Å². The lowest BCUT2D eigenvalue weighted by molar-refractivity contribution is 0.247. The van der Waals surface area contributed by atoms with E-state index in [0.717, 1.165) is 71.0 Å². The van der Waals surface area contributed by atoms with Crippen molar-refractivity contribution < 1.29 is 9.13 Å². The fraction of sp³-hybridized carbons (Fsp3) is 0.250. The number of ether oxygens (including phenoxy) is 1. The molecule has 0 fully saturated rings. The lowest BCUT2D eigenvalue weighted by Crippen LogP contribution is -2.29. The Kier molecular flexibility index (Phi) is 5.63. The minimum absolute atomic E-state index is 0.197. The van der Waals surface area contributed by atoms with E-state index in [1.165, 1.54) is 17.0 Å². The van der Waals surface area contributed by atoms with Gasteiger partial charge < -0.3 is 15.0 Å². The first-order valence-corrected chi connectivity index (χ1v) is 11.3. The van der Waals surface area contributed by atoms with E-state index in [4.69, 9.17) is 9.72 Å². The number of methoxy groups -OCH3 is 1. The van der Waals surface area contributed by atoms with Crippen LogP contribution in [0.1, 0.15) is 21.8 Å². The number of aromatic amines is 1. The van der Waals surface area contributed by atoms with Gasteiger partial charge in [-0.15, -0.1) is 11.3 Å². The van der Waals surface area contributed by atoms with Gasteiger partial charge in [-0.05, 0) is 36.8 Å². The first-order chi connectivity index (χ1) is 15.6. The molecule has 8 heteroatoms. The third-order valence-corrected chi connectivity index (χ3v) is 6.54. The Balaban J connectivity index is 1.29. The highest BCUT2D eigenvalue weighted by Gasteiger charge is 2.21. The number of benzene rings is 2. The summed E-state index contributed by atoms with van der Waals surface area (Å²) in [6.07, 6.45) is 2.72. The lowest BCUT2D eigenvalue weighted by atomic mass is 10.1. The molecule has 0 saturated heterocycles. The molecule has 6 nitrogen and oxygen atoms in total. The number of aryl methyl sites for hydroxylation is 1. The SMILES string of the molecule is COc1cc(Nc2nc3c(s2)CN(Cc2ccc(F)cc2)CC3)ccc1-c1ncc(C)[nH]1. The van der Waals surface area contributed by atoms with E-state index in [9.17, 15) is 4.39 Å². The smallest absolute Gasteiger partial charge is 0.187 e. The summed E-state index contributed by atoms with van der Waals surface area (Å²) in [6.45, 7) is 4.58. The topological polar surface area (TPSA) is 66.1 Å². The zero-order chi connectivity index (χ0) is 22.1. The van der Waals surface area contributed by atoms with Gasteiger partial charge in [-0.2, -0.15) is 0 Å². The molecule has 0 atom stereocenters. The summed E-state index contributed by atoms with van der Waals surface area (Å²) in [5, 5.41) is 4.30. The molecule has 1 aliphatic rings. The highest BCUT2D eigenvalue weighted by Crippen LogP contribution is 2.34. The Hall–Kier alpha value is -3.23. The summed E-state index contributed by atoms with van der Waals surface area (Å²) in [6, 6.07) is 12.7. The Morgan fingerprint density at radius 3 is 2.81 bits per heavy atom. The highest BCUT2D eigenvalue weighted by molar-refractivity contribution is 7.15. The van der Waals surface area contributed by atoms with Crippen LogP contribution >= 0.6 is 11.3 Å². The van der Waals surface area contributed by atoms with E-state index in [1.54, 1.807) is 24.6 Å². The van der Waals surface area contributed by atoms with Crippen molar-refractivity contribution >= 4 is 22.2 Å². The van der Waals surface area contributed by atoms with Crippen molar-refractivity contribution in [2.45, 2.75) is 26.4 Å². The summed E-state index contributed by atoms with van der Waals surface area (Å²) in [4.78, 5) is 16.1. The van der Waals surface area contributed by atoms with Crippen LogP contribution in [0.2, 0.25) is 0 Å². The van der Waals surface area contributed by atoms with E-state index in [0.29, 0.717) is 0 Å². The van der Waals surface area contributed by atoms with Crippen molar-refractivity contribution in [1.82, 2.24) is 19.9 Å². The molecular weight excluding hydrogens is 425 g/mol. The number of hydrogen-bond acceptors (Lipinski definition) is 6. The number of aromatic nitrogens is 3. The van der Waals surface area contributed by atoms with Crippen LogP contribution in [0, 0.1) is 12.7 Å². The number of rotatable bonds is 6. The van der Waals surface area contributed by atoms with Gasteiger partial charge in [0, 0.05) is 54.6 Å². The average Bonchev–Trinajstić information content (AvgIpc) is 3.40. The number of thiazole rings is 1. The third kappa shape index (κ3) is 4.37. The molecule has 1 aliphatic heterocycles. The van der Waals surface area contributed by atoms with E-state index >= 15 is 0 Å². The quantitative estimate of drug-likeness (QED) is 0.419. The van der Waals surface area contributed by atoms with Gasteiger partial charge in [-0.25, -0.2) is 14.4 Å². The summed E-state index contributed by atoms with van der Waals surface area (Å²) < 4.78 is 18.8. The second-order valence-electron chi connectivity index (χ2n) is 7.93. The van der Waals surface area contributed by atoms with Crippen molar-refractivity contribution in [3.63, 3.8) is 0 Å². The lowest BCUT2D eigenvalue weighted by Gasteiger charge is -2.25. The van der Waals surface area contributed by atoms with Gasteiger partial charge in [0.2, 0.25) is 0 Å². The monoisotopic (exact) mass is 449 g/mol. The van der Waals surface area contributed by atoms with Crippen molar-refractivity contribution in [1.29, 1.82) is 0 Å². The fourth-order valence-electron chi connectivity index (χ4n) is 3.92. The standard InChI is InChI=1S/C24H24FN5OS/c1-15-12-26-23(27-15)19-8-7-18(11-21(19)31-2)28-24-29-20-9-10-30(14-22(20)32-24)13-16-3-5-17(25)6-4-16/h3-8,11-12H,9-10,13-14H2,1-2H3,(H,26,27)(H,28,29). The Morgan fingerprint density at radius 2 is 2.06 bits per heavy atom. The minimum Gasteiger partial charge on any atom is -0.496 e. The molecule has 0 saturated carbocycles. The number of fused-ring (bicyclic) bond motifs is 1. The molecule has 164 valence electrons. The molecule has 0 aliphatic carbocycles. The predicted octanol–water partition coefficient (Wildman–Crippen LogP) is 5.29. The summed E-state index contributed by atoms with van der Waals surface area (Å²) in [5.74, 6) is 1.34. The summed E-state index contributed by atoms with van der Waals surface area (Å²) in [5.41, 5.74) is 5.12. The number of hydrogen-bond donors (Lipinski definition) is 2. The second kappa shape index (κ2) is 8.72. The van der Waals surface area contributed by atoms with Gasteiger partial charge in [0.25, 0.3) is 0 Å². The number of imidazole rings is 1. The van der Waals surface area contributed by atoms with Crippen LogP contribution in [0.4, 0.5) is 15.2 Å². The molecule has 2 aromatic carbocycles. The number of anilines is 2. The van der Waals surface area contributed by atoms with Crippen molar-refractivity contribution in [2.75, 3.05) is 19.0 Å². The molecule has 0 unspecified atom stereocenters. The van der Waals surface area contributed by atoms with E-state index in [1.807, 2.05) is 37.3 Å². The molecule has 0 radical (unpaired) electrons.